The Bertz CT molecular complexity index is 709. The van der Waals surface area contributed by atoms with Crippen LogP contribution in [0.15, 0.2) is 17.1 Å². The molecule has 1 fully saturated rings. The number of aliphatic imine (C=N–C) groups is 1. The van der Waals surface area contributed by atoms with Gasteiger partial charge in [0, 0.05) is 26.7 Å². The molecule has 2 aliphatic heterocycles. The molecule has 1 saturated heterocycles. The van der Waals surface area contributed by atoms with Crippen molar-refractivity contribution in [1.29, 1.82) is 0 Å². The second-order valence-electron chi connectivity index (χ2n) is 6.61. The molecule has 1 aromatic rings. The highest BCUT2D eigenvalue weighted by molar-refractivity contribution is 14.0. The minimum atomic E-state index is -0.118. The molecule has 0 atom stereocenters. The van der Waals surface area contributed by atoms with Crippen molar-refractivity contribution in [3.63, 3.8) is 0 Å². The van der Waals surface area contributed by atoms with Crippen LogP contribution in [0.1, 0.15) is 18.4 Å². The van der Waals surface area contributed by atoms with E-state index in [1.165, 1.54) is 7.11 Å². The van der Waals surface area contributed by atoms with Crippen molar-refractivity contribution >= 4 is 47.5 Å². The number of ether oxygens (including phenoxy) is 3. The fourth-order valence-electron chi connectivity index (χ4n) is 3.45. The predicted octanol–water partition coefficient (Wildman–Crippen LogP) is 2.73. The maximum atomic E-state index is 11.7. The molecule has 1 N–H and O–H groups in total. The number of carbonyl (C=O) groups is 1. The first-order valence-corrected chi connectivity index (χ1v) is 9.61. The van der Waals surface area contributed by atoms with Gasteiger partial charge in [0.05, 0.1) is 18.1 Å². The van der Waals surface area contributed by atoms with Crippen molar-refractivity contribution in [2.24, 2.45) is 10.9 Å². The predicted molar refractivity (Wildman–Crippen MR) is 119 cm³/mol. The number of hydrogen-bond acceptors (Lipinski definition) is 5. The van der Waals surface area contributed by atoms with Crippen LogP contribution in [-0.2, 0) is 16.0 Å². The molecular weight excluding hydrogens is 497 g/mol. The van der Waals surface area contributed by atoms with Gasteiger partial charge in [-0.2, -0.15) is 0 Å². The Morgan fingerprint density at radius 1 is 1.32 bits per heavy atom. The van der Waals surface area contributed by atoms with E-state index in [2.05, 4.69) is 15.2 Å². The van der Waals surface area contributed by atoms with Crippen molar-refractivity contribution in [2.75, 3.05) is 47.0 Å². The van der Waals surface area contributed by atoms with Crippen LogP contribution < -0.4 is 14.8 Å². The Kier molecular flexibility index (Phi) is 8.94. The highest BCUT2D eigenvalue weighted by Crippen LogP contribution is 2.38. The topological polar surface area (TPSA) is 72.4 Å². The number of halogens is 2. The summed E-state index contributed by atoms with van der Waals surface area (Å²) < 4.78 is 16.0. The van der Waals surface area contributed by atoms with Crippen molar-refractivity contribution in [2.45, 2.75) is 19.3 Å². The second-order valence-corrected chi connectivity index (χ2v) is 7.02. The molecule has 2 aliphatic rings. The van der Waals surface area contributed by atoms with E-state index >= 15 is 0 Å². The van der Waals surface area contributed by atoms with Gasteiger partial charge in [0.25, 0.3) is 0 Å². The maximum Gasteiger partial charge on any atom is 0.308 e. The fourth-order valence-corrected chi connectivity index (χ4v) is 3.74. The van der Waals surface area contributed by atoms with Gasteiger partial charge in [0.1, 0.15) is 13.2 Å². The zero-order chi connectivity index (χ0) is 19.2. The lowest BCUT2D eigenvalue weighted by atomic mass is 9.97. The summed E-state index contributed by atoms with van der Waals surface area (Å²) in [6, 6.07) is 3.90. The monoisotopic (exact) mass is 523 g/mol. The summed E-state index contributed by atoms with van der Waals surface area (Å²) >= 11 is 6.29. The van der Waals surface area contributed by atoms with E-state index in [1.54, 1.807) is 7.05 Å². The van der Waals surface area contributed by atoms with Gasteiger partial charge in [0.2, 0.25) is 0 Å². The molecule has 9 heteroatoms. The van der Waals surface area contributed by atoms with Gasteiger partial charge < -0.3 is 24.4 Å². The molecule has 0 saturated carbocycles. The van der Waals surface area contributed by atoms with Crippen LogP contribution in [0.2, 0.25) is 5.02 Å². The summed E-state index contributed by atoms with van der Waals surface area (Å²) in [5.41, 5.74) is 1.08. The van der Waals surface area contributed by atoms with Gasteiger partial charge in [-0.15, -0.1) is 24.0 Å². The molecule has 1 aromatic carbocycles. The van der Waals surface area contributed by atoms with Crippen LogP contribution in [0.25, 0.3) is 0 Å². The smallest absolute Gasteiger partial charge is 0.308 e. The molecular formula is C19H27ClIN3O4. The lowest BCUT2D eigenvalue weighted by Gasteiger charge is -2.33. The Morgan fingerprint density at radius 2 is 2.04 bits per heavy atom. The second kappa shape index (κ2) is 10.9. The first kappa shape index (κ1) is 22.9. The molecule has 28 heavy (non-hydrogen) atoms. The molecule has 0 aromatic heterocycles. The summed E-state index contributed by atoms with van der Waals surface area (Å²) in [6.07, 6.45) is 2.35. The number of nitrogens with zero attached hydrogens (tertiary/aromatic N) is 2. The maximum absolute atomic E-state index is 11.7. The number of piperidine rings is 1. The third kappa shape index (κ3) is 5.56. The molecule has 0 bridgehead atoms. The molecule has 7 nitrogen and oxygen atoms in total. The number of hydrogen-bond donors (Lipinski definition) is 1. The number of carbonyl (C=O) groups excluding carboxylic acids is 1. The number of rotatable bonds is 4. The highest BCUT2D eigenvalue weighted by atomic mass is 127. The van der Waals surface area contributed by atoms with Crippen LogP contribution in [-0.4, -0.2) is 63.8 Å². The lowest BCUT2D eigenvalue weighted by Crippen LogP contribution is -2.47. The standard InChI is InChI=1S/C19H26ClN3O4.HI/c1-21-19(23-7-4-14(5-8-23)18(24)25-2)22-6-3-13-11-15(20)17-16(12-13)26-9-10-27-17;/h11-12,14H,3-10H2,1-2H3,(H,21,22);1H. The van der Waals surface area contributed by atoms with Gasteiger partial charge >= 0.3 is 5.97 Å². The normalized spacial score (nSPS) is 17.0. The Hall–Kier alpha value is -1.42. The van der Waals surface area contributed by atoms with Gasteiger partial charge in [-0.1, -0.05) is 11.6 Å². The zero-order valence-electron chi connectivity index (χ0n) is 16.2. The van der Waals surface area contributed by atoms with Crippen LogP contribution in [0, 0.1) is 5.92 Å². The zero-order valence-corrected chi connectivity index (χ0v) is 19.3. The van der Waals surface area contributed by atoms with E-state index < -0.39 is 0 Å². The molecule has 156 valence electrons. The van der Waals surface area contributed by atoms with Crippen LogP contribution in [0.3, 0.4) is 0 Å². The van der Waals surface area contributed by atoms with E-state index in [0.717, 1.165) is 50.4 Å². The molecule has 2 heterocycles. The molecule has 0 amide bonds. The van der Waals surface area contributed by atoms with Crippen molar-refractivity contribution in [3.05, 3.63) is 22.7 Å². The van der Waals surface area contributed by atoms with Crippen LogP contribution >= 0.6 is 35.6 Å². The quantitative estimate of drug-likeness (QED) is 0.283. The minimum Gasteiger partial charge on any atom is -0.486 e. The summed E-state index contributed by atoms with van der Waals surface area (Å²) in [6.45, 7) is 3.36. The Balaban J connectivity index is 0.00000280. The number of likely N-dealkylation sites (tertiary alicyclic amines) is 1. The van der Waals surface area contributed by atoms with Crippen molar-refractivity contribution in [1.82, 2.24) is 10.2 Å². The highest BCUT2D eigenvalue weighted by Gasteiger charge is 2.27. The van der Waals surface area contributed by atoms with Gasteiger partial charge in [-0.25, -0.2) is 0 Å². The van der Waals surface area contributed by atoms with Crippen LogP contribution in [0.5, 0.6) is 11.5 Å². The average Bonchev–Trinajstić information content (AvgIpc) is 2.71. The minimum absolute atomic E-state index is 0. The van der Waals surface area contributed by atoms with Gasteiger partial charge in [-0.05, 0) is 37.0 Å². The van der Waals surface area contributed by atoms with E-state index in [1.807, 2.05) is 12.1 Å². The Morgan fingerprint density at radius 3 is 2.71 bits per heavy atom. The molecule has 0 radical (unpaired) electrons. The number of benzene rings is 1. The van der Waals surface area contributed by atoms with E-state index in [4.69, 9.17) is 25.8 Å². The first-order chi connectivity index (χ1) is 13.1. The van der Waals surface area contributed by atoms with E-state index in [0.29, 0.717) is 29.7 Å². The summed E-state index contributed by atoms with van der Waals surface area (Å²) in [7, 11) is 3.22. The number of nitrogens with one attached hydrogen (secondary N) is 1. The third-order valence-electron chi connectivity index (χ3n) is 4.89. The Labute approximate surface area is 187 Å². The van der Waals surface area contributed by atoms with Crippen molar-refractivity contribution in [3.8, 4) is 11.5 Å². The van der Waals surface area contributed by atoms with E-state index in [-0.39, 0.29) is 35.9 Å². The first-order valence-electron chi connectivity index (χ1n) is 9.23. The summed E-state index contributed by atoms with van der Waals surface area (Å²) in [4.78, 5) is 18.2. The largest absolute Gasteiger partial charge is 0.486 e. The number of fused-ring (bicyclic) bond motifs is 1. The molecule has 3 rings (SSSR count). The van der Waals surface area contributed by atoms with Gasteiger partial charge in [0.15, 0.2) is 17.5 Å². The van der Waals surface area contributed by atoms with Gasteiger partial charge in [-0.3, -0.25) is 9.79 Å². The van der Waals surface area contributed by atoms with E-state index in [9.17, 15) is 4.79 Å². The molecule has 0 spiro atoms. The number of guanidine groups is 1. The summed E-state index contributed by atoms with van der Waals surface area (Å²) in [5.74, 6) is 2.06. The summed E-state index contributed by atoms with van der Waals surface area (Å²) in [5, 5.41) is 3.97. The lowest BCUT2D eigenvalue weighted by molar-refractivity contribution is -0.146. The average molecular weight is 524 g/mol. The number of esters is 1. The molecule has 0 aliphatic carbocycles. The number of methoxy groups -OCH3 is 1. The van der Waals surface area contributed by atoms with Crippen LogP contribution in [0.4, 0.5) is 0 Å². The fraction of sp³-hybridized carbons (Fsp3) is 0.579. The third-order valence-corrected chi connectivity index (χ3v) is 5.17. The van der Waals surface area contributed by atoms with Crippen molar-refractivity contribution < 1.29 is 19.0 Å². The SMILES string of the molecule is CN=C(NCCc1cc(Cl)c2c(c1)OCCO2)N1CCC(C(=O)OC)CC1.I. The molecule has 0 unspecified atom stereocenters.